The van der Waals surface area contributed by atoms with Gasteiger partial charge in [0.2, 0.25) is 5.91 Å². The van der Waals surface area contributed by atoms with E-state index < -0.39 is 46.5 Å². The Bertz CT molecular complexity index is 816. The lowest BCUT2D eigenvalue weighted by atomic mass is 10.2. The average Bonchev–Trinajstić information content (AvgIpc) is 2.63. The van der Waals surface area contributed by atoms with E-state index in [2.05, 4.69) is 15.5 Å². The number of amides is 3. The Balaban J connectivity index is 2.49. The number of ether oxygens (including phenoxy) is 1. The highest BCUT2D eigenvalue weighted by atomic mass is 16.7. The van der Waals surface area contributed by atoms with Gasteiger partial charge >= 0.3 is 12.1 Å². The van der Waals surface area contributed by atoms with Gasteiger partial charge in [-0.3, -0.25) is 19.7 Å². The molecule has 0 aliphatic heterocycles. The highest BCUT2D eigenvalue weighted by molar-refractivity contribution is 5.93. The molecule has 0 radical (unpaired) electrons. The van der Waals surface area contributed by atoms with Crippen LogP contribution >= 0.6 is 0 Å². The molecule has 12 nitrogen and oxygen atoms in total. The molecular weight excluding hydrogens is 400 g/mol. The van der Waals surface area contributed by atoms with Gasteiger partial charge < -0.3 is 20.2 Å². The first-order valence-electron chi connectivity index (χ1n) is 8.85. The fraction of sp³-hybridized carbons (Fsp3) is 0.444. The molecule has 164 valence electrons. The number of nitro groups is 1. The maximum Gasteiger partial charge on any atom is 0.408 e. The van der Waals surface area contributed by atoms with Gasteiger partial charge in [0.15, 0.2) is 0 Å². The van der Waals surface area contributed by atoms with Gasteiger partial charge in [-0.05, 0) is 46.8 Å². The molecule has 1 aromatic rings. The van der Waals surface area contributed by atoms with Crippen molar-refractivity contribution in [1.82, 2.24) is 16.1 Å². The molecular formula is C18H24N4O8. The Kier molecular flexibility index (Phi) is 8.26. The topological polar surface area (TPSA) is 166 Å². The summed E-state index contributed by atoms with van der Waals surface area (Å²) in [6.07, 6.45) is -0.792. The van der Waals surface area contributed by atoms with Gasteiger partial charge in [0.05, 0.1) is 10.5 Å². The highest BCUT2D eigenvalue weighted by Crippen LogP contribution is 2.12. The van der Waals surface area contributed by atoms with Crippen LogP contribution in [-0.4, -0.2) is 46.5 Å². The fourth-order valence-corrected chi connectivity index (χ4v) is 1.92. The Morgan fingerprint density at radius 2 is 1.50 bits per heavy atom. The summed E-state index contributed by atoms with van der Waals surface area (Å²) >= 11 is 0. The number of alkyl carbamates (subject to hydrolysis) is 1. The standard InChI is InChI=1S/C18H24N4O8/c1-10(20-17(26)29-18(3,4)5)14(23)19-11(2)15(24)21-30-16(25)12-6-8-13(9-7-12)22(27)28/h6-11H,1-5H3,(H,19,23)(H,20,26)(H,21,24). The monoisotopic (exact) mass is 424 g/mol. The van der Waals surface area contributed by atoms with Crippen LogP contribution in [0.4, 0.5) is 10.5 Å². The van der Waals surface area contributed by atoms with E-state index >= 15 is 0 Å². The largest absolute Gasteiger partial charge is 0.444 e. The molecule has 12 heteroatoms. The second-order valence-corrected chi connectivity index (χ2v) is 7.26. The van der Waals surface area contributed by atoms with E-state index in [4.69, 9.17) is 4.74 Å². The Morgan fingerprint density at radius 1 is 0.967 bits per heavy atom. The summed E-state index contributed by atoms with van der Waals surface area (Å²) in [5.41, 5.74) is 0.922. The number of benzene rings is 1. The van der Waals surface area contributed by atoms with Gasteiger partial charge in [0, 0.05) is 12.1 Å². The zero-order valence-corrected chi connectivity index (χ0v) is 17.2. The van der Waals surface area contributed by atoms with Gasteiger partial charge in [-0.2, -0.15) is 5.48 Å². The molecule has 0 aliphatic rings. The number of carbonyl (C=O) groups is 4. The van der Waals surface area contributed by atoms with Crippen LogP contribution < -0.4 is 16.1 Å². The van der Waals surface area contributed by atoms with Crippen molar-refractivity contribution < 1.29 is 33.7 Å². The minimum Gasteiger partial charge on any atom is -0.444 e. The van der Waals surface area contributed by atoms with E-state index in [9.17, 15) is 29.3 Å². The summed E-state index contributed by atoms with van der Waals surface area (Å²) in [5.74, 6) is -2.44. The van der Waals surface area contributed by atoms with Gasteiger partial charge in [0.1, 0.15) is 17.7 Å². The van der Waals surface area contributed by atoms with Crippen molar-refractivity contribution in [3.8, 4) is 0 Å². The minimum absolute atomic E-state index is 0.0206. The van der Waals surface area contributed by atoms with E-state index in [0.717, 1.165) is 12.1 Å². The first kappa shape index (κ1) is 24.3. The molecule has 3 amide bonds. The summed E-state index contributed by atoms with van der Waals surface area (Å²) in [6.45, 7) is 7.75. The van der Waals surface area contributed by atoms with Crippen molar-refractivity contribution >= 4 is 29.6 Å². The normalized spacial score (nSPS) is 12.7. The number of hydrogen-bond acceptors (Lipinski definition) is 8. The number of hydrogen-bond donors (Lipinski definition) is 3. The summed E-state index contributed by atoms with van der Waals surface area (Å²) in [7, 11) is 0. The smallest absolute Gasteiger partial charge is 0.408 e. The van der Waals surface area contributed by atoms with E-state index in [1.54, 1.807) is 20.8 Å². The van der Waals surface area contributed by atoms with E-state index in [1.165, 1.54) is 26.0 Å². The maximum atomic E-state index is 12.1. The Morgan fingerprint density at radius 3 is 2.00 bits per heavy atom. The van der Waals surface area contributed by atoms with Crippen molar-refractivity contribution in [2.24, 2.45) is 0 Å². The Labute approximate surface area is 172 Å². The zero-order chi connectivity index (χ0) is 23.1. The van der Waals surface area contributed by atoms with Gasteiger partial charge in [-0.25, -0.2) is 9.59 Å². The lowest BCUT2D eigenvalue weighted by Crippen LogP contribution is -2.52. The van der Waals surface area contributed by atoms with Crippen LogP contribution in [0.25, 0.3) is 0 Å². The van der Waals surface area contributed by atoms with E-state index in [-0.39, 0.29) is 11.3 Å². The Hall–Kier alpha value is -3.70. The van der Waals surface area contributed by atoms with Crippen molar-refractivity contribution in [3.63, 3.8) is 0 Å². The molecule has 0 saturated carbocycles. The van der Waals surface area contributed by atoms with Crippen LogP contribution in [0.5, 0.6) is 0 Å². The number of nitrogens with zero attached hydrogens (tertiary/aromatic N) is 1. The lowest BCUT2D eigenvalue weighted by Gasteiger charge is -2.22. The van der Waals surface area contributed by atoms with Crippen molar-refractivity contribution in [3.05, 3.63) is 39.9 Å². The van der Waals surface area contributed by atoms with Gasteiger partial charge in [-0.15, -0.1) is 0 Å². The fourth-order valence-electron chi connectivity index (χ4n) is 1.92. The lowest BCUT2D eigenvalue weighted by molar-refractivity contribution is -0.384. The van der Waals surface area contributed by atoms with Crippen LogP contribution in [0, 0.1) is 10.1 Å². The number of nitrogens with one attached hydrogen (secondary N) is 3. The van der Waals surface area contributed by atoms with Crippen LogP contribution in [0.3, 0.4) is 0 Å². The second kappa shape index (κ2) is 10.2. The van der Waals surface area contributed by atoms with Gasteiger partial charge in [-0.1, -0.05) is 0 Å². The summed E-state index contributed by atoms with van der Waals surface area (Å²) < 4.78 is 5.03. The molecule has 0 aliphatic carbocycles. The SMILES string of the molecule is CC(NC(=O)OC(C)(C)C)C(=O)NC(C)C(=O)NOC(=O)c1ccc([N+](=O)[O-])cc1. The molecule has 3 N–H and O–H groups in total. The second-order valence-electron chi connectivity index (χ2n) is 7.26. The van der Waals surface area contributed by atoms with E-state index in [1.807, 2.05) is 5.48 Å². The number of rotatable bonds is 6. The molecule has 0 saturated heterocycles. The third-order valence-corrected chi connectivity index (χ3v) is 3.44. The average molecular weight is 424 g/mol. The quantitative estimate of drug-likeness (QED) is 0.452. The van der Waals surface area contributed by atoms with E-state index in [0.29, 0.717) is 0 Å². The van der Waals surface area contributed by atoms with Crippen molar-refractivity contribution in [1.29, 1.82) is 0 Å². The van der Waals surface area contributed by atoms with Crippen LogP contribution in [0.2, 0.25) is 0 Å². The van der Waals surface area contributed by atoms with Crippen LogP contribution in [0.15, 0.2) is 24.3 Å². The summed E-state index contributed by atoms with van der Waals surface area (Å²) in [5, 5.41) is 15.3. The number of nitro benzene ring substituents is 1. The molecule has 2 unspecified atom stereocenters. The minimum atomic E-state index is -1.09. The summed E-state index contributed by atoms with van der Waals surface area (Å²) in [4.78, 5) is 62.2. The predicted molar refractivity (Wildman–Crippen MR) is 103 cm³/mol. The molecule has 2 atom stereocenters. The number of hydroxylamine groups is 1. The molecule has 0 bridgehead atoms. The van der Waals surface area contributed by atoms with Crippen molar-refractivity contribution in [2.45, 2.75) is 52.3 Å². The number of carbonyl (C=O) groups excluding carboxylic acids is 4. The molecule has 0 aromatic heterocycles. The third kappa shape index (κ3) is 8.12. The number of non-ortho nitro benzene ring substituents is 1. The molecule has 1 rings (SSSR count). The molecule has 30 heavy (non-hydrogen) atoms. The first-order valence-corrected chi connectivity index (χ1v) is 8.85. The summed E-state index contributed by atoms with van der Waals surface area (Å²) in [6, 6.07) is 2.48. The highest BCUT2D eigenvalue weighted by Gasteiger charge is 2.24. The first-order chi connectivity index (χ1) is 13.8. The molecule has 1 aromatic carbocycles. The van der Waals surface area contributed by atoms with Crippen molar-refractivity contribution in [2.75, 3.05) is 0 Å². The molecule has 0 heterocycles. The third-order valence-electron chi connectivity index (χ3n) is 3.44. The van der Waals surface area contributed by atoms with Crippen LogP contribution in [0.1, 0.15) is 45.0 Å². The zero-order valence-electron chi connectivity index (χ0n) is 17.2. The van der Waals surface area contributed by atoms with Gasteiger partial charge in [0.25, 0.3) is 11.6 Å². The maximum absolute atomic E-state index is 12.1. The predicted octanol–water partition coefficient (Wildman–Crippen LogP) is 1.20. The van der Waals surface area contributed by atoms with Crippen LogP contribution in [-0.2, 0) is 19.2 Å². The molecule has 0 fully saturated rings. The molecule has 0 spiro atoms.